The van der Waals surface area contributed by atoms with Crippen LogP contribution in [0.5, 0.6) is 5.75 Å². The Morgan fingerprint density at radius 3 is 2.59 bits per heavy atom. The summed E-state index contributed by atoms with van der Waals surface area (Å²) in [6.45, 7) is 6.16. The number of piperidine rings is 1. The Bertz CT molecular complexity index is 1580. The lowest BCUT2D eigenvalue weighted by molar-refractivity contribution is -0.00967. The molecule has 4 aromatic rings. The quantitative estimate of drug-likeness (QED) is 0.371. The van der Waals surface area contributed by atoms with Crippen LogP contribution in [-0.4, -0.2) is 67.0 Å². The van der Waals surface area contributed by atoms with Gasteiger partial charge in [0.05, 0.1) is 34.8 Å². The van der Waals surface area contributed by atoms with Gasteiger partial charge in [-0.25, -0.2) is 9.50 Å². The highest BCUT2D eigenvalue weighted by Crippen LogP contribution is 2.36. The minimum absolute atomic E-state index is 0.127. The molecule has 39 heavy (non-hydrogen) atoms. The predicted molar refractivity (Wildman–Crippen MR) is 147 cm³/mol. The molecule has 0 aliphatic carbocycles. The summed E-state index contributed by atoms with van der Waals surface area (Å²) in [5, 5.41) is 24.1. The molecule has 3 fully saturated rings. The van der Waals surface area contributed by atoms with Gasteiger partial charge < -0.3 is 14.7 Å². The number of anilines is 1. The fraction of sp³-hybridized carbons (Fsp3) is 0.333. The number of piperazine rings is 1. The molecular weight excluding hydrogens is 490 g/mol. The molecule has 9 heteroatoms. The van der Waals surface area contributed by atoms with Crippen LogP contribution in [0.15, 0.2) is 55.1 Å². The highest BCUT2D eigenvalue weighted by atomic mass is 16.5. The van der Waals surface area contributed by atoms with Crippen molar-refractivity contribution < 1.29 is 9.84 Å². The maximum atomic E-state index is 10.1. The van der Waals surface area contributed by atoms with Crippen molar-refractivity contribution in [1.82, 2.24) is 24.5 Å². The van der Waals surface area contributed by atoms with E-state index in [4.69, 9.17) is 16.1 Å². The van der Waals surface area contributed by atoms with E-state index in [2.05, 4.69) is 31.9 Å². The number of ether oxygens (including phenoxy) is 1. The van der Waals surface area contributed by atoms with Crippen LogP contribution in [-0.2, 0) is 6.54 Å². The van der Waals surface area contributed by atoms with E-state index in [9.17, 15) is 10.4 Å². The summed E-state index contributed by atoms with van der Waals surface area (Å²) in [5.41, 5.74) is 3.69. The van der Waals surface area contributed by atoms with E-state index in [0.29, 0.717) is 28.9 Å². The maximum absolute atomic E-state index is 10.1. The second-order valence-electron chi connectivity index (χ2n) is 10.9. The molecule has 2 atom stereocenters. The number of hydrogen-bond acceptors (Lipinski definition) is 8. The second-order valence-corrected chi connectivity index (χ2v) is 10.9. The Hall–Kier alpha value is -4.44. The smallest absolute Gasteiger partial charge is 0.138 e. The molecule has 0 spiro atoms. The highest BCUT2D eigenvalue weighted by molar-refractivity contribution is 5.85. The first-order chi connectivity index (χ1) is 18.8. The summed E-state index contributed by atoms with van der Waals surface area (Å²) in [4.78, 5) is 14.2. The lowest BCUT2D eigenvalue weighted by Gasteiger charge is -2.56. The standard InChI is InChI=1S/C30H29N7O2/c1-4-20-5-7-23(32-12-20)15-36-24-9-25(36)17-35(16-24)28-8-6-21(13-33-28)27-10-26(39-19-30(2,3)38)18-37-29(27)22(11-31)14-34-37/h1,5-8,10,12-14,18,24-25,38H,9,15-17,19H2,2-3H3. The van der Waals surface area contributed by atoms with E-state index in [1.807, 2.05) is 36.5 Å². The fourth-order valence-corrected chi connectivity index (χ4v) is 5.39. The number of hydrogen-bond donors (Lipinski definition) is 1. The van der Waals surface area contributed by atoms with E-state index in [1.54, 1.807) is 37.0 Å². The van der Waals surface area contributed by atoms with Crippen LogP contribution >= 0.6 is 0 Å². The van der Waals surface area contributed by atoms with Gasteiger partial charge in [-0.05, 0) is 50.6 Å². The third kappa shape index (κ3) is 4.90. The van der Waals surface area contributed by atoms with Crippen LogP contribution in [0, 0.1) is 23.7 Å². The van der Waals surface area contributed by atoms with E-state index in [0.717, 1.165) is 47.8 Å². The minimum atomic E-state index is -0.978. The van der Waals surface area contributed by atoms with Gasteiger partial charge in [0, 0.05) is 60.8 Å². The molecular formula is C30H29N7O2. The Balaban J connectivity index is 1.19. The van der Waals surface area contributed by atoms with Crippen molar-refractivity contribution in [2.75, 3.05) is 24.6 Å². The molecule has 2 unspecified atom stereocenters. The number of terminal acetylenes is 1. The summed E-state index contributed by atoms with van der Waals surface area (Å²) in [5.74, 6) is 4.10. The number of aromatic nitrogens is 4. The largest absolute Gasteiger partial charge is 0.489 e. The zero-order valence-electron chi connectivity index (χ0n) is 21.9. The molecule has 3 aliphatic rings. The van der Waals surface area contributed by atoms with Crippen molar-refractivity contribution in [3.63, 3.8) is 0 Å². The predicted octanol–water partition coefficient (Wildman–Crippen LogP) is 3.26. The number of rotatable bonds is 7. The van der Waals surface area contributed by atoms with E-state index < -0.39 is 5.60 Å². The summed E-state index contributed by atoms with van der Waals surface area (Å²) < 4.78 is 7.49. The number of nitriles is 1. The molecule has 2 bridgehead atoms. The van der Waals surface area contributed by atoms with E-state index >= 15 is 0 Å². The zero-order valence-corrected chi connectivity index (χ0v) is 21.9. The van der Waals surface area contributed by atoms with Crippen LogP contribution in [0.25, 0.3) is 16.6 Å². The summed E-state index contributed by atoms with van der Waals surface area (Å²) in [7, 11) is 0. The first-order valence-corrected chi connectivity index (χ1v) is 13.0. The van der Waals surface area contributed by atoms with Gasteiger partial charge in [0.25, 0.3) is 0 Å². The van der Waals surface area contributed by atoms with Gasteiger partial charge in [0.1, 0.15) is 24.2 Å². The van der Waals surface area contributed by atoms with Gasteiger partial charge in [-0.3, -0.25) is 9.88 Å². The fourth-order valence-electron chi connectivity index (χ4n) is 5.39. The van der Waals surface area contributed by atoms with Crippen LogP contribution in [0.4, 0.5) is 5.82 Å². The van der Waals surface area contributed by atoms with Crippen molar-refractivity contribution in [2.24, 2.45) is 0 Å². The SMILES string of the molecule is C#Cc1ccc(CN2C3CC2CN(c2ccc(-c4cc(OCC(C)(C)O)cn5ncc(C#N)c45)cn2)C3)nc1. The molecule has 0 aromatic carbocycles. The van der Waals surface area contributed by atoms with Gasteiger partial charge in [-0.15, -0.1) is 6.42 Å². The van der Waals surface area contributed by atoms with Gasteiger partial charge in [0.2, 0.25) is 0 Å². The lowest BCUT2D eigenvalue weighted by Crippen LogP contribution is -2.68. The van der Waals surface area contributed by atoms with Crippen molar-refractivity contribution in [1.29, 1.82) is 5.26 Å². The maximum Gasteiger partial charge on any atom is 0.138 e. The molecule has 1 N–H and O–H groups in total. The number of nitrogens with zero attached hydrogens (tertiary/aromatic N) is 7. The van der Waals surface area contributed by atoms with Crippen molar-refractivity contribution in [2.45, 2.75) is 44.5 Å². The van der Waals surface area contributed by atoms with Crippen LogP contribution in [0.1, 0.15) is 37.1 Å². The Morgan fingerprint density at radius 2 is 1.95 bits per heavy atom. The average Bonchev–Trinajstić information content (AvgIpc) is 3.37. The topological polar surface area (TPSA) is 103 Å². The van der Waals surface area contributed by atoms with Crippen molar-refractivity contribution >= 4 is 11.3 Å². The first kappa shape index (κ1) is 24.9. The number of fused-ring (bicyclic) bond motifs is 3. The van der Waals surface area contributed by atoms with Gasteiger partial charge in [-0.1, -0.05) is 5.92 Å². The molecule has 0 radical (unpaired) electrons. The Morgan fingerprint density at radius 1 is 1.13 bits per heavy atom. The number of aliphatic hydroxyl groups is 1. The molecule has 9 nitrogen and oxygen atoms in total. The molecule has 196 valence electrons. The Kier molecular flexibility index (Phi) is 6.19. The Labute approximate surface area is 227 Å². The average molecular weight is 520 g/mol. The normalized spacial score (nSPS) is 18.8. The molecule has 3 saturated heterocycles. The first-order valence-electron chi connectivity index (χ1n) is 13.0. The molecule has 4 aromatic heterocycles. The third-order valence-electron chi connectivity index (χ3n) is 7.36. The lowest BCUT2D eigenvalue weighted by atomic mass is 9.87. The second kappa shape index (κ2) is 9.70. The van der Waals surface area contributed by atoms with Gasteiger partial charge in [-0.2, -0.15) is 10.4 Å². The van der Waals surface area contributed by atoms with Crippen molar-refractivity contribution in [3.8, 4) is 35.3 Å². The monoisotopic (exact) mass is 519 g/mol. The zero-order chi connectivity index (χ0) is 27.1. The molecule has 3 aliphatic heterocycles. The van der Waals surface area contributed by atoms with Crippen LogP contribution < -0.4 is 9.64 Å². The molecule has 7 rings (SSSR count). The van der Waals surface area contributed by atoms with Crippen LogP contribution in [0.3, 0.4) is 0 Å². The molecule has 0 amide bonds. The highest BCUT2D eigenvalue weighted by Gasteiger charge is 2.44. The summed E-state index contributed by atoms with van der Waals surface area (Å²) in [6, 6.07) is 13.1. The minimum Gasteiger partial charge on any atom is -0.489 e. The summed E-state index contributed by atoms with van der Waals surface area (Å²) >= 11 is 0. The molecule has 7 heterocycles. The number of pyridine rings is 3. The molecule has 0 saturated carbocycles. The van der Waals surface area contributed by atoms with Crippen molar-refractivity contribution in [3.05, 3.63) is 71.9 Å². The van der Waals surface area contributed by atoms with Crippen LogP contribution in [0.2, 0.25) is 0 Å². The van der Waals surface area contributed by atoms with Gasteiger partial charge >= 0.3 is 0 Å². The third-order valence-corrected chi connectivity index (χ3v) is 7.36. The van der Waals surface area contributed by atoms with Gasteiger partial charge in [0.15, 0.2) is 0 Å². The summed E-state index contributed by atoms with van der Waals surface area (Å²) in [6.07, 6.45) is 13.5. The van der Waals surface area contributed by atoms with E-state index in [-0.39, 0.29) is 6.61 Å². The van der Waals surface area contributed by atoms with E-state index in [1.165, 1.54) is 6.42 Å².